The van der Waals surface area contributed by atoms with Crippen LogP contribution in [0.5, 0.6) is 5.75 Å². The van der Waals surface area contributed by atoms with Gasteiger partial charge in [0.25, 0.3) is 0 Å². The normalized spacial score (nSPS) is 12.8. The van der Waals surface area contributed by atoms with Crippen molar-refractivity contribution in [2.75, 3.05) is 13.7 Å². The Morgan fingerprint density at radius 1 is 1.21 bits per heavy atom. The third-order valence-electron chi connectivity index (χ3n) is 3.20. The van der Waals surface area contributed by atoms with Gasteiger partial charge in [-0.15, -0.1) is 0 Å². The molecule has 0 saturated carbocycles. The van der Waals surface area contributed by atoms with Gasteiger partial charge in [-0.1, -0.05) is 12.1 Å². The van der Waals surface area contributed by atoms with E-state index < -0.39 is 24.1 Å². The highest BCUT2D eigenvalue weighted by Crippen LogP contribution is 2.26. The number of aromatic nitrogens is 1. The summed E-state index contributed by atoms with van der Waals surface area (Å²) in [6, 6.07) is 6.03. The van der Waals surface area contributed by atoms with Gasteiger partial charge >= 0.3 is 11.9 Å². The maximum Gasteiger partial charge on any atom is 0.335 e. The Balaban J connectivity index is 0.000000257. The first kappa shape index (κ1) is 19.4. The number of methoxy groups -OCH3 is 1. The molecule has 1 heterocycles. The van der Waals surface area contributed by atoms with Crippen molar-refractivity contribution in [1.82, 2.24) is 4.98 Å². The Morgan fingerprint density at radius 2 is 1.79 bits per heavy atom. The third kappa shape index (κ3) is 4.69. The minimum Gasteiger partial charge on any atom is -0.495 e. The SMILES string of the molecule is COc1cccc2c(CCN)c[nH]c12.O=C(O)C(O)C(O)C(=O)O. The fourth-order valence-electron chi connectivity index (χ4n) is 1.99. The van der Waals surface area contributed by atoms with Crippen LogP contribution in [0.15, 0.2) is 24.4 Å². The zero-order chi connectivity index (χ0) is 18.3. The number of fused-ring (bicyclic) bond motifs is 1. The van der Waals surface area contributed by atoms with Crippen molar-refractivity contribution in [3.63, 3.8) is 0 Å². The number of carboxylic acids is 2. The molecule has 2 atom stereocenters. The molecule has 0 saturated heterocycles. The van der Waals surface area contributed by atoms with E-state index in [1.807, 2.05) is 18.3 Å². The number of nitrogens with two attached hydrogens (primary N) is 1. The van der Waals surface area contributed by atoms with E-state index in [0.29, 0.717) is 6.54 Å². The first-order valence-electron chi connectivity index (χ1n) is 6.98. The number of aliphatic carboxylic acids is 2. The van der Waals surface area contributed by atoms with Crippen molar-refractivity contribution in [3.8, 4) is 5.75 Å². The number of H-pyrrole nitrogens is 1. The second-order valence-corrected chi connectivity index (χ2v) is 4.80. The van der Waals surface area contributed by atoms with Crippen LogP contribution in [0.4, 0.5) is 0 Å². The number of hydrogen-bond donors (Lipinski definition) is 6. The number of nitrogens with one attached hydrogen (secondary N) is 1. The van der Waals surface area contributed by atoms with Crippen LogP contribution in [0.1, 0.15) is 5.56 Å². The minimum absolute atomic E-state index is 0.671. The second kappa shape index (κ2) is 8.87. The van der Waals surface area contributed by atoms with Crippen molar-refractivity contribution >= 4 is 22.8 Å². The fraction of sp³-hybridized carbons (Fsp3) is 0.333. The standard InChI is InChI=1S/C11H14N2O.C4H6O6/c1-14-10-4-2-3-9-8(5-6-12)7-13-11(9)10;5-1(3(7)8)2(6)4(9)10/h2-4,7,13H,5-6,12H2,1H3;1-2,5-6H,(H,7,8)(H,9,10). The summed E-state index contributed by atoms with van der Waals surface area (Å²) in [6.45, 7) is 0.671. The first-order chi connectivity index (χ1) is 11.3. The first-order valence-corrected chi connectivity index (χ1v) is 6.98. The van der Waals surface area contributed by atoms with Gasteiger partial charge in [0.1, 0.15) is 5.75 Å². The largest absolute Gasteiger partial charge is 0.495 e. The topological polar surface area (TPSA) is 166 Å². The molecule has 0 aliphatic carbocycles. The molecule has 1 aromatic carbocycles. The van der Waals surface area contributed by atoms with Crippen LogP contribution >= 0.6 is 0 Å². The highest BCUT2D eigenvalue weighted by molar-refractivity contribution is 5.88. The summed E-state index contributed by atoms with van der Waals surface area (Å²) in [4.78, 5) is 22.8. The van der Waals surface area contributed by atoms with Gasteiger partial charge in [0.2, 0.25) is 0 Å². The van der Waals surface area contributed by atoms with E-state index >= 15 is 0 Å². The Hall–Kier alpha value is -2.62. The Morgan fingerprint density at radius 3 is 2.25 bits per heavy atom. The second-order valence-electron chi connectivity index (χ2n) is 4.80. The van der Waals surface area contributed by atoms with Crippen LogP contribution in [-0.4, -0.2) is 63.2 Å². The van der Waals surface area contributed by atoms with E-state index in [4.69, 9.17) is 30.9 Å². The van der Waals surface area contributed by atoms with Crippen molar-refractivity contribution in [3.05, 3.63) is 30.0 Å². The minimum atomic E-state index is -2.27. The molecular formula is C15H20N2O7. The lowest BCUT2D eigenvalue weighted by molar-refractivity contribution is -0.165. The van der Waals surface area contributed by atoms with Gasteiger partial charge in [-0.3, -0.25) is 0 Å². The monoisotopic (exact) mass is 340 g/mol. The van der Waals surface area contributed by atoms with E-state index in [1.165, 1.54) is 10.9 Å². The average Bonchev–Trinajstić information content (AvgIpc) is 2.97. The zero-order valence-electron chi connectivity index (χ0n) is 13.0. The Bertz CT molecular complexity index is 680. The molecule has 0 bridgehead atoms. The molecule has 2 unspecified atom stereocenters. The van der Waals surface area contributed by atoms with Crippen LogP contribution in [0, 0.1) is 0 Å². The summed E-state index contributed by atoms with van der Waals surface area (Å²) in [7, 11) is 1.68. The number of ether oxygens (including phenoxy) is 1. The van der Waals surface area contributed by atoms with E-state index in [-0.39, 0.29) is 0 Å². The highest BCUT2D eigenvalue weighted by Gasteiger charge is 2.29. The van der Waals surface area contributed by atoms with E-state index in [9.17, 15) is 9.59 Å². The molecule has 9 heteroatoms. The molecule has 2 aromatic rings. The summed E-state index contributed by atoms with van der Waals surface area (Å²) < 4.78 is 5.26. The molecule has 9 nitrogen and oxygen atoms in total. The van der Waals surface area contributed by atoms with Crippen LogP contribution in [0.25, 0.3) is 10.9 Å². The molecule has 2 rings (SSSR count). The summed E-state index contributed by atoms with van der Waals surface area (Å²) in [5.74, 6) is -2.66. The van der Waals surface area contributed by atoms with E-state index in [1.54, 1.807) is 7.11 Å². The van der Waals surface area contributed by atoms with E-state index in [0.717, 1.165) is 17.7 Å². The molecule has 0 spiro atoms. The van der Waals surface area contributed by atoms with Crippen molar-refractivity contribution in [2.24, 2.45) is 5.73 Å². The molecule has 7 N–H and O–H groups in total. The lowest BCUT2D eigenvalue weighted by Gasteiger charge is -2.07. The van der Waals surface area contributed by atoms with Gasteiger partial charge in [-0.2, -0.15) is 0 Å². The van der Waals surface area contributed by atoms with Crippen LogP contribution < -0.4 is 10.5 Å². The van der Waals surface area contributed by atoms with Gasteiger partial charge in [-0.25, -0.2) is 9.59 Å². The number of carboxylic acid groups (broad SMARTS) is 2. The molecule has 0 radical (unpaired) electrons. The van der Waals surface area contributed by atoms with Crippen molar-refractivity contribution in [2.45, 2.75) is 18.6 Å². The highest BCUT2D eigenvalue weighted by atomic mass is 16.5. The summed E-state index contributed by atoms with van der Waals surface area (Å²) in [5.41, 5.74) is 7.84. The lowest BCUT2D eigenvalue weighted by atomic mass is 10.1. The molecule has 132 valence electrons. The molecule has 24 heavy (non-hydrogen) atoms. The Labute approximate surface area is 137 Å². The smallest absolute Gasteiger partial charge is 0.335 e. The summed E-state index contributed by atoms with van der Waals surface area (Å²) >= 11 is 0. The van der Waals surface area contributed by atoms with Gasteiger partial charge in [0, 0.05) is 11.6 Å². The summed E-state index contributed by atoms with van der Waals surface area (Å²) in [6.07, 6.45) is -1.64. The lowest BCUT2D eigenvalue weighted by Crippen LogP contribution is -2.39. The third-order valence-corrected chi connectivity index (χ3v) is 3.20. The molecule has 0 fully saturated rings. The number of rotatable bonds is 6. The number of carbonyl (C=O) groups is 2. The van der Waals surface area contributed by atoms with Gasteiger partial charge in [-0.05, 0) is 24.6 Å². The predicted octanol–water partition coefficient (Wildman–Crippen LogP) is -0.445. The molecule has 0 aliphatic rings. The molecular weight excluding hydrogens is 320 g/mol. The van der Waals surface area contributed by atoms with E-state index in [2.05, 4.69) is 11.1 Å². The van der Waals surface area contributed by atoms with Crippen LogP contribution in [-0.2, 0) is 16.0 Å². The number of para-hydroxylation sites is 1. The molecule has 0 amide bonds. The number of aliphatic hydroxyl groups excluding tert-OH is 2. The number of benzene rings is 1. The number of aliphatic hydroxyl groups is 2. The van der Waals surface area contributed by atoms with Crippen LogP contribution in [0.3, 0.4) is 0 Å². The average molecular weight is 340 g/mol. The quantitative estimate of drug-likeness (QED) is 0.411. The summed E-state index contributed by atoms with van der Waals surface area (Å²) in [5, 5.41) is 33.7. The maximum atomic E-state index is 9.77. The number of hydrogen-bond acceptors (Lipinski definition) is 6. The molecule has 0 aliphatic heterocycles. The van der Waals surface area contributed by atoms with Crippen molar-refractivity contribution in [1.29, 1.82) is 0 Å². The van der Waals surface area contributed by atoms with Crippen LogP contribution in [0.2, 0.25) is 0 Å². The number of aromatic amines is 1. The zero-order valence-corrected chi connectivity index (χ0v) is 13.0. The molecule has 1 aromatic heterocycles. The Kier molecular flexibility index (Phi) is 7.18. The maximum absolute atomic E-state index is 9.77. The predicted molar refractivity (Wildman–Crippen MR) is 84.9 cm³/mol. The van der Waals surface area contributed by atoms with Crippen molar-refractivity contribution < 1.29 is 34.8 Å². The fourth-order valence-corrected chi connectivity index (χ4v) is 1.99. The van der Waals surface area contributed by atoms with Gasteiger partial charge in [0.15, 0.2) is 12.2 Å². The van der Waals surface area contributed by atoms with Gasteiger partial charge in [0.05, 0.1) is 12.6 Å². The van der Waals surface area contributed by atoms with Gasteiger partial charge < -0.3 is 35.9 Å².